The lowest BCUT2D eigenvalue weighted by Crippen LogP contribution is -2.35. The van der Waals surface area contributed by atoms with Gasteiger partial charge in [-0.05, 0) is 44.9 Å². The average Bonchev–Trinajstić information content (AvgIpc) is 2.90. The highest BCUT2D eigenvalue weighted by atomic mass is 16.3. The number of carbonyl (C=O) groups is 1. The Morgan fingerprint density at radius 3 is 2.54 bits per heavy atom. The lowest BCUT2D eigenvalue weighted by atomic mass is 10.2. The third-order valence-electron chi connectivity index (χ3n) is 3.99. The summed E-state index contributed by atoms with van der Waals surface area (Å²) in [7, 11) is 2.09. The molecule has 5 nitrogen and oxygen atoms in total. The number of benzene rings is 1. The van der Waals surface area contributed by atoms with Crippen molar-refractivity contribution in [2.75, 3.05) is 25.0 Å². The molecule has 1 aromatic carbocycles. The molecule has 1 aromatic heterocycles. The molecule has 1 heterocycles. The first-order valence-corrected chi connectivity index (χ1v) is 8.40. The van der Waals surface area contributed by atoms with Crippen molar-refractivity contribution in [3.8, 4) is 0 Å². The standard InChI is InChI=1S/C19H27N3O2/c1-15-13-17(16(2)24-15)14-21-19(23)20-11-7-8-12-22(3)18-9-5-4-6-10-18/h4-6,9-10,13H,7-8,11-12,14H2,1-3H3,(H2,20,21,23). The number of hydrogen-bond donors (Lipinski definition) is 2. The molecule has 0 spiro atoms. The van der Waals surface area contributed by atoms with E-state index >= 15 is 0 Å². The van der Waals surface area contributed by atoms with E-state index in [-0.39, 0.29) is 6.03 Å². The highest BCUT2D eigenvalue weighted by Gasteiger charge is 2.06. The van der Waals surface area contributed by atoms with Crippen LogP contribution in [0.3, 0.4) is 0 Å². The Bertz CT molecular complexity index is 637. The van der Waals surface area contributed by atoms with Crippen molar-refractivity contribution < 1.29 is 9.21 Å². The van der Waals surface area contributed by atoms with E-state index < -0.39 is 0 Å². The number of furan rings is 1. The van der Waals surface area contributed by atoms with Gasteiger partial charge in [-0.15, -0.1) is 0 Å². The molecule has 0 radical (unpaired) electrons. The van der Waals surface area contributed by atoms with Gasteiger partial charge in [-0.3, -0.25) is 0 Å². The predicted molar refractivity (Wildman–Crippen MR) is 97.4 cm³/mol. The van der Waals surface area contributed by atoms with Gasteiger partial charge in [0.05, 0.1) is 0 Å². The number of para-hydroxylation sites is 1. The molecule has 2 aromatic rings. The number of urea groups is 1. The summed E-state index contributed by atoms with van der Waals surface area (Å²) in [6.07, 6.45) is 1.99. The second-order valence-corrected chi connectivity index (χ2v) is 6.01. The summed E-state index contributed by atoms with van der Waals surface area (Å²) in [6.45, 7) is 5.96. The van der Waals surface area contributed by atoms with Crippen molar-refractivity contribution in [3.05, 3.63) is 53.5 Å². The van der Waals surface area contributed by atoms with E-state index in [0.29, 0.717) is 13.1 Å². The second kappa shape index (κ2) is 9.01. The number of nitrogens with zero attached hydrogens (tertiary/aromatic N) is 1. The van der Waals surface area contributed by atoms with Crippen LogP contribution in [-0.4, -0.2) is 26.2 Å². The minimum Gasteiger partial charge on any atom is -0.466 e. The third kappa shape index (κ3) is 5.65. The van der Waals surface area contributed by atoms with Crippen LogP contribution in [-0.2, 0) is 6.54 Å². The number of aryl methyl sites for hydroxylation is 2. The summed E-state index contributed by atoms with van der Waals surface area (Å²) in [5.74, 6) is 1.73. The van der Waals surface area contributed by atoms with E-state index in [9.17, 15) is 4.79 Å². The summed E-state index contributed by atoms with van der Waals surface area (Å²) < 4.78 is 5.44. The molecule has 0 bridgehead atoms. The fraction of sp³-hybridized carbons (Fsp3) is 0.421. The first-order valence-electron chi connectivity index (χ1n) is 8.40. The van der Waals surface area contributed by atoms with E-state index in [1.165, 1.54) is 5.69 Å². The van der Waals surface area contributed by atoms with Gasteiger partial charge in [-0.25, -0.2) is 4.79 Å². The van der Waals surface area contributed by atoms with E-state index in [1.807, 2.05) is 38.1 Å². The second-order valence-electron chi connectivity index (χ2n) is 6.01. The van der Waals surface area contributed by atoms with Crippen LogP contribution in [0.4, 0.5) is 10.5 Å². The van der Waals surface area contributed by atoms with Gasteiger partial charge in [0, 0.05) is 37.9 Å². The molecule has 130 valence electrons. The molecular formula is C19H27N3O2. The first-order chi connectivity index (χ1) is 11.6. The van der Waals surface area contributed by atoms with Crippen molar-refractivity contribution >= 4 is 11.7 Å². The van der Waals surface area contributed by atoms with Crippen molar-refractivity contribution in [1.82, 2.24) is 10.6 Å². The third-order valence-corrected chi connectivity index (χ3v) is 3.99. The van der Waals surface area contributed by atoms with Gasteiger partial charge >= 0.3 is 6.03 Å². The normalized spacial score (nSPS) is 10.5. The van der Waals surface area contributed by atoms with E-state index in [4.69, 9.17) is 4.42 Å². The monoisotopic (exact) mass is 329 g/mol. The zero-order valence-corrected chi connectivity index (χ0v) is 14.8. The summed E-state index contributed by atoms with van der Waals surface area (Å²) >= 11 is 0. The number of anilines is 1. The number of unbranched alkanes of at least 4 members (excludes halogenated alkanes) is 1. The molecular weight excluding hydrogens is 302 g/mol. The average molecular weight is 329 g/mol. The minimum atomic E-state index is -0.135. The molecule has 0 saturated carbocycles. The van der Waals surface area contributed by atoms with E-state index in [1.54, 1.807) is 0 Å². The maximum absolute atomic E-state index is 11.8. The molecule has 0 aliphatic rings. The van der Waals surface area contributed by atoms with Crippen molar-refractivity contribution in [1.29, 1.82) is 0 Å². The summed E-state index contributed by atoms with van der Waals surface area (Å²) in [4.78, 5) is 14.0. The topological polar surface area (TPSA) is 57.5 Å². The number of carbonyl (C=O) groups excluding carboxylic acids is 1. The highest BCUT2D eigenvalue weighted by molar-refractivity contribution is 5.73. The van der Waals surface area contributed by atoms with Gasteiger partial charge in [0.2, 0.25) is 0 Å². The predicted octanol–water partition coefficient (Wildman–Crippen LogP) is 3.61. The molecule has 0 fully saturated rings. The van der Waals surface area contributed by atoms with Crippen molar-refractivity contribution in [3.63, 3.8) is 0 Å². The van der Waals surface area contributed by atoms with Crippen LogP contribution in [0.25, 0.3) is 0 Å². The molecule has 24 heavy (non-hydrogen) atoms. The Kier molecular flexibility index (Phi) is 6.73. The van der Waals surface area contributed by atoms with Gasteiger partial charge in [0.15, 0.2) is 0 Å². The lowest BCUT2D eigenvalue weighted by Gasteiger charge is -2.19. The molecule has 2 rings (SSSR count). The maximum atomic E-state index is 11.8. The van der Waals surface area contributed by atoms with Crippen LogP contribution >= 0.6 is 0 Å². The SMILES string of the molecule is Cc1cc(CNC(=O)NCCCCN(C)c2ccccc2)c(C)o1. The minimum absolute atomic E-state index is 0.135. The Balaban J connectivity index is 1.57. The van der Waals surface area contributed by atoms with Crippen LogP contribution < -0.4 is 15.5 Å². The smallest absolute Gasteiger partial charge is 0.315 e. The number of hydrogen-bond acceptors (Lipinski definition) is 3. The van der Waals surface area contributed by atoms with Crippen molar-refractivity contribution in [2.45, 2.75) is 33.2 Å². The quantitative estimate of drug-likeness (QED) is 0.727. The molecule has 0 atom stereocenters. The van der Waals surface area contributed by atoms with E-state index in [0.717, 1.165) is 36.5 Å². The Hall–Kier alpha value is -2.43. The summed E-state index contributed by atoms with van der Waals surface area (Å²) in [6, 6.07) is 12.1. The number of amides is 2. The van der Waals surface area contributed by atoms with Crippen molar-refractivity contribution in [2.24, 2.45) is 0 Å². The fourth-order valence-corrected chi connectivity index (χ4v) is 2.58. The largest absolute Gasteiger partial charge is 0.466 e. The molecule has 0 unspecified atom stereocenters. The van der Waals surface area contributed by atoms with Crippen LogP contribution in [0.1, 0.15) is 29.9 Å². The highest BCUT2D eigenvalue weighted by Crippen LogP contribution is 2.13. The number of rotatable bonds is 8. The molecule has 0 saturated heterocycles. The maximum Gasteiger partial charge on any atom is 0.315 e. The van der Waals surface area contributed by atoms with Gasteiger partial charge in [-0.1, -0.05) is 18.2 Å². The Morgan fingerprint density at radius 1 is 1.12 bits per heavy atom. The lowest BCUT2D eigenvalue weighted by molar-refractivity contribution is 0.240. The molecule has 2 N–H and O–H groups in total. The van der Waals surface area contributed by atoms with Crippen LogP contribution in [0, 0.1) is 13.8 Å². The summed E-state index contributed by atoms with van der Waals surface area (Å²) in [5.41, 5.74) is 2.24. The fourth-order valence-electron chi connectivity index (χ4n) is 2.58. The van der Waals surface area contributed by atoms with E-state index in [2.05, 4.69) is 34.7 Å². The molecule has 0 aliphatic carbocycles. The van der Waals surface area contributed by atoms with Gasteiger partial charge < -0.3 is 20.0 Å². The zero-order valence-electron chi connectivity index (χ0n) is 14.8. The Morgan fingerprint density at radius 2 is 1.88 bits per heavy atom. The van der Waals surface area contributed by atoms with Crippen LogP contribution in [0.15, 0.2) is 40.8 Å². The first kappa shape index (κ1) is 17.9. The van der Waals surface area contributed by atoms with Crippen LogP contribution in [0.5, 0.6) is 0 Å². The molecule has 0 aliphatic heterocycles. The Labute approximate surface area is 144 Å². The molecule has 5 heteroatoms. The number of nitrogens with one attached hydrogen (secondary N) is 2. The van der Waals surface area contributed by atoms with Crippen LogP contribution in [0.2, 0.25) is 0 Å². The molecule has 2 amide bonds. The summed E-state index contributed by atoms with van der Waals surface area (Å²) in [5, 5.41) is 5.75. The van der Waals surface area contributed by atoms with Gasteiger partial charge in [0.25, 0.3) is 0 Å². The zero-order chi connectivity index (χ0) is 17.4. The van der Waals surface area contributed by atoms with Gasteiger partial charge in [0.1, 0.15) is 11.5 Å². The van der Waals surface area contributed by atoms with Gasteiger partial charge in [-0.2, -0.15) is 0 Å².